The van der Waals surface area contributed by atoms with Gasteiger partial charge in [0.2, 0.25) is 0 Å². The molecular formula is C18H17N3O3S. The second kappa shape index (κ2) is 6.52. The lowest BCUT2D eigenvalue weighted by atomic mass is 10.2. The number of carbonyl (C=O) groups is 1. The number of carbonyl (C=O) groups excluding carboxylic acids is 1. The minimum Gasteiger partial charge on any atom is -0.378 e. The molecule has 0 atom stereocenters. The summed E-state index contributed by atoms with van der Waals surface area (Å²) in [7, 11) is -0.0147. The number of nitrogens with zero attached hydrogens (tertiary/aromatic N) is 3. The van der Waals surface area contributed by atoms with Crippen LogP contribution in [0.2, 0.25) is 0 Å². The molecular weight excluding hydrogens is 338 g/mol. The summed E-state index contributed by atoms with van der Waals surface area (Å²) in [5.41, 5.74) is 1.65. The Balaban J connectivity index is 2.16. The molecule has 0 N–H and O–H groups in total. The lowest BCUT2D eigenvalue weighted by Crippen LogP contribution is -2.13. The second-order valence-corrected chi connectivity index (χ2v) is 7.48. The molecule has 0 saturated heterocycles. The zero-order valence-corrected chi connectivity index (χ0v) is 14.6. The van der Waals surface area contributed by atoms with Gasteiger partial charge in [-0.3, -0.25) is 4.79 Å². The van der Waals surface area contributed by atoms with Crippen molar-refractivity contribution in [3.05, 3.63) is 66.5 Å². The van der Waals surface area contributed by atoms with E-state index in [-0.39, 0.29) is 16.4 Å². The molecule has 0 aliphatic heterocycles. The van der Waals surface area contributed by atoms with Crippen molar-refractivity contribution >= 4 is 22.0 Å². The van der Waals surface area contributed by atoms with Crippen molar-refractivity contribution < 1.29 is 13.2 Å². The van der Waals surface area contributed by atoms with E-state index < -0.39 is 10.0 Å². The monoisotopic (exact) mass is 355 g/mol. The van der Waals surface area contributed by atoms with E-state index >= 15 is 0 Å². The fourth-order valence-electron chi connectivity index (χ4n) is 2.43. The number of hydrogen-bond donors (Lipinski definition) is 0. The number of hydrogen-bond acceptors (Lipinski definition) is 5. The van der Waals surface area contributed by atoms with Crippen LogP contribution < -0.4 is 4.90 Å². The Kier molecular flexibility index (Phi) is 4.41. The van der Waals surface area contributed by atoms with Crippen molar-refractivity contribution in [3.8, 4) is 11.4 Å². The van der Waals surface area contributed by atoms with Gasteiger partial charge in [0.15, 0.2) is 12.1 Å². The molecule has 6 nitrogen and oxygen atoms in total. The Morgan fingerprint density at radius 3 is 2.20 bits per heavy atom. The predicted octanol–water partition coefficient (Wildman–Crippen LogP) is 2.67. The molecule has 0 aliphatic rings. The first kappa shape index (κ1) is 16.9. The van der Waals surface area contributed by atoms with Crippen molar-refractivity contribution in [1.82, 2.24) is 8.96 Å². The summed E-state index contributed by atoms with van der Waals surface area (Å²) in [6.07, 6.45) is 1.78. The SMILES string of the molecule is CN(C)c1ccc(-c2nc(C=O)cn2S(=O)(=O)c2ccccc2)cc1. The maximum Gasteiger partial charge on any atom is 0.269 e. The molecule has 0 amide bonds. The first-order chi connectivity index (χ1) is 11.9. The van der Waals surface area contributed by atoms with Crippen molar-refractivity contribution in [2.24, 2.45) is 0 Å². The van der Waals surface area contributed by atoms with Crippen LogP contribution in [0.3, 0.4) is 0 Å². The van der Waals surface area contributed by atoms with Crippen molar-refractivity contribution in [2.75, 3.05) is 19.0 Å². The van der Waals surface area contributed by atoms with Gasteiger partial charge >= 0.3 is 0 Å². The van der Waals surface area contributed by atoms with Crippen molar-refractivity contribution in [1.29, 1.82) is 0 Å². The number of benzene rings is 2. The molecule has 0 bridgehead atoms. The molecule has 128 valence electrons. The molecule has 0 radical (unpaired) electrons. The van der Waals surface area contributed by atoms with Gasteiger partial charge in [0.25, 0.3) is 10.0 Å². The highest BCUT2D eigenvalue weighted by Crippen LogP contribution is 2.25. The Labute approximate surface area is 146 Å². The van der Waals surface area contributed by atoms with Crippen LogP contribution in [-0.2, 0) is 10.0 Å². The Bertz CT molecular complexity index is 992. The molecule has 0 fully saturated rings. The van der Waals surface area contributed by atoms with Crippen LogP contribution >= 0.6 is 0 Å². The van der Waals surface area contributed by atoms with Crippen LogP contribution in [-0.4, -0.2) is 37.8 Å². The van der Waals surface area contributed by atoms with Gasteiger partial charge < -0.3 is 4.90 Å². The average Bonchev–Trinajstić information content (AvgIpc) is 3.08. The van der Waals surface area contributed by atoms with E-state index in [9.17, 15) is 13.2 Å². The fraction of sp³-hybridized carbons (Fsp3) is 0.111. The molecule has 0 aliphatic carbocycles. The summed E-state index contributed by atoms with van der Waals surface area (Å²) in [5, 5.41) is 0. The quantitative estimate of drug-likeness (QED) is 0.658. The highest BCUT2D eigenvalue weighted by atomic mass is 32.2. The van der Waals surface area contributed by atoms with Gasteiger partial charge in [0.1, 0.15) is 5.69 Å². The first-order valence-electron chi connectivity index (χ1n) is 7.56. The highest BCUT2D eigenvalue weighted by Gasteiger charge is 2.22. The van der Waals surface area contributed by atoms with E-state index in [1.165, 1.54) is 18.3 Å². The number of aldehydes is 1. The molecule has 1 aromatic heterocycles. The third-order valence-electron chi connectivity index (χ3n) is 3.76. The van der Waals surface area contributed by atoms with Crippen molar-refractivity contribution in [3.63, 3.8) is 0 Å². The van der Waals surface area contributed by atoms with E-state index in [1.807, 2.05) is 31.1 Å². The lowest BCUT2D eigenvalue weighted by Gasteiger charge is -2.13. The number of rotatable bonds is 5. The minimum absolute atomic E-state index is 0.0613. The van der Waals surface area contributed by atoms with Gasteiger partial charge in [0.05, 0.1) is 11.1 Å². The third kappa shape index (κ3) is 3.18. The summed E-state index contributed by atoms with van der Waals surface area (Å²) in [5.74, 6) is 0.205. The van der Waals surface area contributed by atoms with Crippen molar-refractivity contribution in [2.45, 2.75) is 4.90 Å². The topological polar surface area (TPSA) is 72.3 Å². The van der Waals surface area contributed by atoms with Gasteiger partial charge in [-0.25, -0.2) is 17.4 Å². The smallest absolute Gasteiger partial charge is 0.269 e. The Morgan fingerprint density at radius 2 is 1.64 bits per heavy atom. The summed E-state index contributed by atoms with van der Waals surface area (Å²) in [4.78, 5) is 17.4. The third-order valence-corrected chi connectivity index (χ3v) is 5.42. The molecule has 1 heterocycles. The fourth-order valence-corrected chi connectivity index (χ4v) is 3.78. The molecule has 0 unspecified atom stereocenters. The van der Waals surface area contributed by atoms with E-state index in [4.69, 9.17) is 0 Å². The highest BCUT2D eigenvalue weighted by molar-refractivity contribution is 7.90. The minimum atomic E-state index is -3.85. The van der Waals surface area contributed by atoms with Crippen LogP contribution in [0.25, 0.3) is 11.4 Å². The summed E-state index contributed by atoms with van der Waals surface area (Å²) in [6, 6.07) is 15.3. The molecule has 0 saturated carbocycles. The molecule has 3 aromatic rings. The first-order valence-corrected chi connectivity index (χ1v) is 9.00. The summed E-state index contributed by atoms with van der Waals surface area (Å²) < 4.78 is 26.9. The van der Waals surface area contributed by atoms with Gasteiger partial charge in [-0.05, 0) is 36.4 Å². The van der Waals surface area contributed by atoms with E-state index in [0.29, 0.717) is 11.8 Å². The zero-order valence-electron chi connectivity index (χ0n) is 13.8. The Morgan fingerprint density at radius 1 is 1.00 bits per heavy atom. The molecule has 25 heavy (non-hydrogen) atoms. The number of imidazole rings is 1. The van der Waals surface area contributed by atoms with Gasteiger partial charge in [-0.1, -0.05) is 18.2 Å². The standard InChI is InChI=1S/C18H17N3O3S/c1-20(2)16-10-8-14(9-11-16)18-19-15(13-22)12-21(18)25(23,24)17-6-4-3-5-7-17/h3-13H,1-2H3. The van der Waals surface area contributed by atoms with Crippen LogP contribution in [0, 0.1) is 0 Å². The van der Waals surface area contributed by atoms with Gasteiger partial charge in [-0.2, -0.15) is 0 Å². The number of aromatic nitrogens is 2. The second-order valence-electron chi connectivity index (χ2n) is 5.66. The van der Waals surface area contributed by atoms with Crippen LogP contribution in [0.5, 0.6) is 0 Å². The molecule has 0 spiro atoms. The maximum absolute atomic E-state index is 12.9. The van der Waals surface area contributed by atoms with E-state index in [1.54, 1.807) is 30.3 Å². The van der Waals surface area contributed by atoms with Crippen LogP contribution in [0.1, 0.15) is 10.5 Å². The van der Waals surface area contributed by atoms with E-state index in [0.717, 1.165) is 9.66 Å². The van der Waals surface area contributed by atoms with Crippen LogP contribution in [0.15, 0.2) is 65.7 Å². The lowest BCUT2D eigenvalue weighted by molar-refractivity contribution is 0.111. The Hall–Kier alpha value is -2.93. The van der Waals surface area contributed by atoms with E-state index in [2.05, 4.69) is 4.98 Å². The maximum atomic E-state index is 12.9. The zero-order chi connectivity index (χ0) is 18.0. The normalized spacial score (nSPS) is 11.3. The number of anilines is 1. The predicted molar refractivity (Wildman–Crippen MR) is 96.4 cm³/mol. The van der Waals surface area contributed by atoms with Gasteiger partial charge in [0, 0.05) is 25.3 Å². The van der Waals surface area contributed by atoms with Crippen LogP contribution in [0.4, 0.5) is 5.69 Å². The largest absolute Gasteiger partial charge is 0.378 e. The molecule has 2 aromatic carbocycles. The molecule has 7 heteroatoms. The molecule has 3 rings (SSSR count). The van der Waals surface area contributed by atoms with Gasteiger partial charge in [-0.15, -0.1) is 0 Å². The average molecular weight is 355 g/mol. The summed E-state index contributed by atoms with van der Waals surface area (Å²) in [6.45, 7) is 0. The summed E-state index contributed by atoms with van der Waals surface area (Å²) >= 11 is 0.